The van der Waals surface area contributed by atoms with Crippen LogP contribution in [0.25, 0.3) is 11.4 Å². The van der Waals surface area contributed by atoms with Gasteiger partial charge in [0, 0.05) is 18.4 Å². The van der Waals surface area contributed by atoms with Crippen LogP contribution >= 0.6 is 0 Å². The number of carbonyl (C=O) groups excluding carboxylic acids is 1. The molecule has 2 aromatic carbocycles. The van der Waals surface area contributed by atoms with Crippen molar-refractivity contribution in [2.45, 2.75) is 25.8 Å². The van der Waals surface area contributed by atoms with Crippen molar-refractivity contribution in [3.05, 3.63) is 65.8 Å². The van der Waals surface area contributed by atoms with Crippen LogP contribution in [0.4, 0.5) is 4.39 Å². The Hall–Kier alpha value is -3.22. The van der Waals surface area contributed by atoms with E-state index in [2.05, 4.69) is 15.5 Å². The minimum absolute atomic E-state index is 0.143. The largest absolute Gasteiger partial charge is 0.497 e. The average Bonchev–Trinajstić information content (AvgIpc) is 3.16. The van der Waals surface area contributed by atoms with Gasteiger partial charge in [-0.05, 0) is 48.9 Å². The first kappa shape index (κ1) is 18.6. The van der Waals surface area contributed by atoms with E-state index >= 15 is 0 Å². The summed E-state index contributed by atoms with van der Waals surface area (Å²) in [6.07, 6.45) is 0.556. The number of ether oxygens (including phenoxy) is 1. The lowest BCUT2D eigenvalue weighted by atomic mass is 10.1. The molecule has 0 fully saturated rings. The zero-order valence-corrected chi connectivity index (χ0v) is 15.1. The monoisotopic (exact) mass is 369 g/mol. The number of amides is 1. The summed E-state index contributed by atoms with van der Waals surface area (Å²) in [7, 11) is 1.60. The Bertz CT molecular complexity index is 892. The van der Waals surface area contributed by atoms with Crippen LogP contribution < -0.4 is 10.1 Å². The molecule has 0 bridgehead atoms. The molecule has 1 aromatic heterocycles. The fraction of sp³-hybridized carbons (Fsp3) is 0.250. The molecule has 0 spiro atoms. The van der Waals surface area contributed by atoms with Gasteiger partial charge in [-0.1, -0.05) is 17.3 Å². The van der Waals surface area contributed by atoms with E-state index in [-0.39, 0.29) is 24.2 Å². The van der Waals surface area contributed by atoms with Crippen LogP contribution in [0.3, 0.4) is 0 Å². The van der Waals surface area contributed by atoms with Crippen LogP contribution in [0.1, 0.15) is 30.8 Å². The molecule has 7 heteroatoms. The zero-order valence-electron chi connectivity index (χ0n) is 15.1. The van der Waals surface area contributed by atoms with Crippen LogP contribution in [-0.4, -0.2) is 23.2 Å². The minimum atomic E-state index is -0.304. The molecule has 1 heterocycles. The fourth-order valence-corrected chi connectivity index (χ4v) is 2.58. The molecule has 3 rings (SSSR count). The molecule has 0 saturated heterocycles. The summed E-state index contributed by atoms with van der Waals surface area (Å²) in [5.74, 6) is 1.16. The smallest absolute Gasteiger partial charge is 0.227 e. The SMILES string of the molecule is COc1ccc(-c2noc(CCC(=O)N[C@@H](C)c3ccc(F)cc3)n2)cc1. The van der Waals surface area contributed by atoms with E-state index in [1.54, 1.807) is 19.2 Å². The summed E-state index contributed by atoms with van der Waals surface area (Å²) in [6.45, 7) is 1.85. The molecule has 0 unspecified atom stereocenters. The van der Waals surface area contributed by atoms with Crippen molar-refractivity contribution in [2.75, 3.05) is 7.11 Å². The number of rotatable bonds is 7. The van der Waals surface area contributed by atoms with Gasteiger partial charge in [0.15, 0.2) is 0 Å². The van der Waals surface area contributed by atoms with Crippen molar-refractivity contribution in [1.82, 2.24) is 15.5 Å². The molecular weight excluding hydrogens is 349 g/mol. The number of hydrogen-bond acceptors (Lipinski definition) is 5. The van der Waals surface area contributed by atoms with Crippen LogP contribution in [0.5, 0.6) is 5.75 Å². The maximum atomic E-state index is 13.0. The molecule has 140 valence electrons. The highest BCUT2D eigenvalue weighted by molar-refractivity contribution is 5.76. The Kier molecular flexibility index (Phi) is 5.80. The molecule has 0 aliphatic heterocycles. The lowest BCUT2D eigenvalue weighted by molar-refractivity contribution is -0.121. The lowest BCUT2D eigenvalue weighted by Gasteiger charge is -2.13. The zero-order chi connectivity index (χ0) is 19.2. The number of nitrogens with one attached hydrogen (secondary N) is 1. The van der Waals surface area contributed by atoms with Crippen molar-refractivity contribution in [1.29, 1.82) is 0 Å². The first-order valence-corrected chi connectivity index (χ1v) is 8.57. The number of carbonyl (C=O) groups is 1. The van der Waals surface area contributed by atoms with E-state index < -0.39 is 0 Å². The number of aromatic nitrogens is 2. The van der Waals surface area contributed by atoms with Crippen LogP contribution in [0.2, 0.25) is 0 Å². The summed E-state index contributed by atoms with van der Waals surface area (Å²) in [5.41, 5.74) is 1.64. The molecule has 0 aliphatic rings. The summed E-state index contributed by atoms with van der Waals surface area (Å²) in [6, 6.07) is 13.1. The molecule has 27 heavy (non-hydrogen) atoms. The van der Waals surface area contributed by atoms with Gasteiger partial charge >= 0.3 is 0 Å². The van der Waals surface area contributed by atoms with Crippen molar-refractivity contribution >= 4 is 5.91 Å². The number of halogens is 1. The predicted octanol–water partition coefficient (Wildman–Crippen LogP) is 3.69. The van der Waals surface area contributed by atoms with Gasteiger partial charge in [-0.2, -0.15) is 4.98 Å². The van der Waals surface area contributed by atoms with E-state index in [0.717, 1.165) is 16.9 Å². The molecule has 0 radical (unpaired) electrons. The summed E-state index contributed by atoms with van der Waals surface area (Å²) in [4.78, 5) is 16.4. The Balaban J connectivity index is 1.53. The Morgan fingerprint density at radius 1 is 1.19 bits per heavy atom. The molecule has 3 aromatic rings. The van der Waals surface area contributed by atoms with Gasteiger partial charge < -0.3 is 14.6 Å². The highest BCUT2D eigenvalue weighted by atomic mass is 19.1. The van der Waals surface area contributed by atoms with Crippen LogP contribution in [0.15, 0.2) is 53.1 Å². The van der Waals surface area contributed by atoms with Gasteiger partial charge in [0.1, 0.15) is 11.6 Å². The van der Waals surface area contributed by atoms with E-state index in [4.69, 9.17) is 9.26 Å². The summed E-state index contributed by atoms with van der Waals surface area (Å²) < 4.78 is 23.3. The molecule has 1 N–H and O–H groups in total. The Labute approximate surface area is 156 Å². The van der Waals surface area contributed by atoms with E-state index in [9.17, 15) is 9.18 Å². The molecule has 6 nitrogen and oxygen atoms in total. The van der Waals surface area contributed by atoms with E-state index in [1.165, 1.54) is 12.1 Å². The average molecular weight is 369 g/mol. The first-order valence-electron chi connectivity index (χ1n) is 8.57. The molecule has 0 saturated carbocycles. The molecule has 0 aliphatic carbocycles. The Morgan fingerprint density at radius 3 is 2.56 bits per heavy atom. The number of benzene rings is 2. The van der Waals surface area contributed by atoms with Gasteiger partial charge in [-0.15, -0.1) is 0 Å². The quantitative estimate of drug-likeness (QED) is 0.687. The van der Waals surface area contributed by atoms with Crippen molar-refractivity contribution in [2.24, 2.45) is 0 Å². The second kappa shape index (κ2) is 8.44. The molecule has 1 amide bonds. The Morgan fingerprint density at radius 2 is 1.89 bits per heavy atom. The van der Waals surface area contributed by atoms with Crippen molar-refractivity contribution < 1.29 is 18.4 Å². The van der Waals surface area contributed by atoms with Gasteiger partial charge in [-0.25, -0.2) is 4.39 Å². The number of methoxy groups -OCH3 is 1. The van der Waals surface area contributed by atoms with Crippen molar-refractivity contribution in [3.63, 3.8) is 0 Å². The number of nitrogens with zero attached hydrogens (tertiary/aromatic N) is 2. The topological polar surface area (TPSA) is 77.2 Å². The van der Waals surface area contributed by atoms with Crippen molar-refractivity contribution in [3.8, 4) is 17.1 Å². The van der Waals surface area contributed by atoms with E-state index in [1.807, 2.05) is 31.2 Å². The normalized spacial score (nSPS) is 11.8. The van der Waals surface area contributed by atoms with Crippen LogP contribution in [0, 0.1) is 5.82 Å². The number of aryl methyl sites for hydroxylation is 1. The third kappa shape index (κ3) is 4.91. The van der Waals surface area contributed by atoms with Crippen LogP contribution in [-0.2, 0) is 11.2 Å². The predicted molar refractivity (Wildman–Crippen MR) is 97.6 cm³/mol. The second-order valence-corrected chi connectivity index (χ2v) is 6.08. The van der Waals surface area contributed by atoms with Gasteiger partial charge in [0.25, 0.3) is 0 Å². The highest BCUT2D eigenvalue weighted by Crippen LogP contribution is 2.20. The summed E-state index contributed by atoms with van der Waals surface area (Å²) >= 11 is 0. The first-order chi connectivity index (χ1) is 13.0. The maximum Gasteiger partial charge on any atom is 0.227 e. The van der Waals surface area contributed by atoms with Gasteiger partial charge in [-0.3, -0.25) is 4.79 Å². The highest BCUT2D eigenvalue weighted by Gasteiger charge is 2.13. The third-order valence-electron chi connectivity index (χ3n) is 4.13. The van der Waals surface area contributed by atoms with E-state index in [0.29, 0.717) is 18.1 Å². The lowest BCUT2D eigenvalue weighted by Crippen LogP contribution is -2.26. The number of hydrogen-bond donors (Lipinski definition) is 1. The standard InChI is InChI=1S/C20H20FN3O3/c1-13(14-3-7-16(21)8-4-14)22-18(25)11-12-19-23-20(24-27-19)15-5-9-17(26-2)10-6-15/h3-10,13H,11-12H2,1-2H3,(H,22,25)/t13-/m0/s1. The minimum Gasteiger partial charge on any atom is -0.497 e. The third-order valence-corrected chi connectivity index (χ3v) is 4.13. The fourth-order valence-electron chi connectivity index (χ4n) is 2.58. The van der Waals surface area contributed by atoms with Gasteiger partial charge in [0.05, 0.1) is 13.2 Å². The maximum absolute atomic E-state index is 13.0. The van der Waals surface area contributed by atoms with Gasteiger partial charge in [0.2, 0.25) is 17.6 Å². The molecular formula is C20H20FN3O3. The molecule has 1 atom stereocenters. The summed E-state index contributed by atoms with van der Waals surface area (Å²) in [5, 5.41) is 6.81. The second-order valence-electron chi connectivity index (χ2n) is 6.08.